The van der Waals surface area contributed by atoms with Gasteiger partial charge in [-0.3, -0.25) is 4.84 Å². The van der Waals surface area contributed by atoms with E-state index < -0.39 is 0 Å². The summed E-state index contributed by atoms with van der Waals surface area (Å²) >= 11 is 0. The van der Waals surface area contributed by atoms with Gasteiger partial charge in [0.1, 0.15) is 0 Å². The predicted octanol–water partition coefficient (Wildman–Crippen LogP) is 2.75. The molecule has 2 heterocycles. The van der Waals surface area contributed by atoms with Crippen molar-refractivity contribution in [3.05, 3.63) is 29.8 Å². The number of anilines is 1. The van der Waals surface area contributed by atoms with Crippen LogP contribution < -0.4 is 5.06 Å². The third kappa shape index (κ3) is 2.02. The molecule has 2 aliphatic heterocycles. The maximum Gasteiger partial charge on any atom is 0.0872 e. The van der Waals surface area contributed by atoms with Crippen molar-refractivity contribution in [3.63, 3.8) is 0 Å². The fourth-order valence-electron chi connectivity index (χ4n) is 2.65. The van der Waals surface area contributed by atoms with E-state index in [1.54, 1.807) is 0 Å². The van der Waals surface area contributed by atoms with Gasteiger partial charge >= 0.3 is 0 Å². The number of hydrogen-bond donors (Lipinski definition) is 0. The van der Waals surface area contributed by atoms with Crippen molar-refractivity contribution in [2.24, 2.45) is 5.92 Å². The van der Waals surface area contributed by atoms with Gasteiger partial charge in [0, 0.05) is 5.92 Å². The minimum atomic E-state index is 0.198. The van der Waals surface area contributed by atoms with Crippen molar-refractivity contribution in [1.29, 1.82) is 0 Å². The van der Waals surface area contributed by atoms with Gasteiger partial charge in [0.05, 0.1) is 31.5 Å². The molecule has 2 aliphatic rings. The Hall–Kier alpha value is -1.06. The van der Waals surface area contributed by atoms with E-state index in [4.69, 9.17) is 9.57 Å². The van der Waals surface area contributed by atoms with E-state index in [1.165, 1.54) is 5.56 Å². The van der Waals surface area contributed by atoms with E-state index in [1.807, 2.05) is 5.06 Å². The van der Waals surface area contributed by atoms with E-state index in [-0.39, 0.29) is 5.41 Å². The molecule has 0 amide bonds. The van der Waals surface area contributed by atoms with Crippen LogP contribution in [0.4, 0.5) is 5.69 Å². The van der Waals surface area contributed by atoms with Crippen LogP contribution >= 0.6 is 0 Å². The molecule has 2 saturated heterocycles. The van der Waals surface area contributed by atoms with Crippen LogP contribution in [0.1, 0.15) is 26.3 Å². The zero-order valence-corrected chi connectivity index (χ0v) is 11.3. The van der Waals surface area contributed by atoms with E-state index in [0.29, 0.717) is 12.0 Å². The molecule has 0 bridgehead atoms. The normalized spacial score (nSPS) is 27.6. The zero-order chi connectivity index (χ0) is 12.8. The van der Waals surface area contributed by atoms with Crippen LogP contribution in [-0.2, 0) is 15.0 Å². The van der Waals surface area contributed by atoms with Gasteiger partial charge < -0.3 is 4.74 Å². The van der Waals surface area contributed by atoms with Crippen molar-refractivity contribution >= 4 is 5.69 Å². The summed E-state index contributed by atoms with van der Waals surface area (Å²) in [4.78, 5) is 5.78. The predicted molar refractivity (Wildman–Crippen MR) is 71.7 cm³/mol. The SMILES string of the molecule is CC(C)(C)c1ccc(N2OC[C@H]3COC[C@H]32)cc1. The molecule has 0 saturated carbocycles. The highest BCUT2D eigenvalue weighted by atomic mass is 16.7. The molecular weight excluding hydrogens is 226 g/mol. The number of rotatable bonds is 1. The van der Waals surface area contributed by atoms with E-state index >= 15 is 0 Å². The summed E-state index contributed by atoms with van der Waals surface area (Å²) in [5.41, 5.74) is 2.69. The third-order valence-corrected chi connectivity index (χ3v) is 3.88. The van der Waals surface area contributed by atoms with Crippen LogP contribution in [0.25, 0.3) is 0 Å². The van der Waals surface area contributed by atoms with Crippen molar-refractivity contribution in [3.8, 4) is 0 Å². The summed E-state index contributed by atoms with van der Waals surface area (Å²) < 4.78 is 5.52. The van der Waals surface area contributed by atoms with Crippen molar-refractivity contribution in [2.45, 2.75) is 32.2 Å². The van der Waals surface area contributed by atoms with Gasteiger partial charge in [-0.2, -0.15) is 0 Å². The molecule has 3 heteroatoms. The average molecular weight is 247 g/mol. The van der Waals surface area contributed by atoms with Crippen molar-refractivity contribution in [2.75, 3.05) is 24.9 Å². The summed E-state index contributed by atoms with van der Waals surface area (Å²) in [5.74, 6) is 0.535. The summed E-state index contributed by atoms with van der Waals surface area (Å²) in [6.45, 7) is 9.10. The molecule has 0 radical (unpaired) electrons. The molecule has 0 aliphatic carbocycles. The molecule has 98 valence electrons. The van der Waals surface area contributed by atoms with Gasteiger partial charge in [0.25, 0.3) is 0 Å². The fourth-order valence-corrected chi connectivity index (χ4v) is 2.65. The molecule has 0 N–H and O–H groups in total. The first-order valence-electron chi connectivity index (χ1n) is 6.66. The quantitative estimate of drug-likeness (QED) is 0.761. The monoisotopic (exact) mass is 247 g/mol. The molecule has 3 rings (SSSR count). The van der Waals surface area contributed by atoms with Crippen LogP contribution in [-0.4, -0.2) is 25.9 Å². The lowest BCUT2D eigenvalue weighted by molar-refractivity contribution is 0.0961. The largest absolute Gasteiger partial charge is 0.379 e. The third-order valence-electron chi connectivity index (χ3n) is 3.88. The highest BCUT2D eigenvalue weighted by Gasteiger charge is 2.40. The van der Waals surface area contributed by atoms with E-state index in [0.717, 1.165) is 25.5 Å². The molecule has 1 aromatic carbocycles. The van der Waals surface area contributed by atoms with Gasteiger partial charge in [0.2, 0.25) is 0 Å². The molecule has 0 spiro atoms. The Labute approximate surface area is 109 Å². The first-order chi connectivity index (χ1) is 8.55. The number of ether oxygens (including phenoxy) is 1. The second-order valence-electron chi connectivity index (χ2n) is 6.28. The number of benzene rings is 1. The highest BCUT2D eigenvalue weighted by molar-refractivity contribution is 5.48. The second kappa shape index (κ2) is 4.25. The molecule has 1 aromatic rings. The maximum absolute atomic E-state index is 5.78. The van der Waals surface area contributed by atoms with Crippen molar-refractivity contribution < 1.29 is 9.57 Å². The second-order valence-corrected chi connectivity index (χ2v) is 6.28. The molecule has 2 atom stereocenters. The Morgan fingerprint density at radius 1 is 1.06 bits per heavy atom. The number of nitrogens with zero attached hydrogens (tertiary/aromatic N) is 1. The standard InChI is InChI=1S/C15H21NO2/c1-15(2,3)12-4-6-13(7-5-12)16-14-10-17-8-11(14)9-18-16/h4-7,11,14H,8-10H2,1-3H3/t11-,14-/m1/s1. The lowest BCUT2D eigenvalue weighted by Gasteiger charge is -2.24. The number of hydrogen-bond acceptors (Lipinski definition) is 3. The van der Waals surface area contributed by atoms with E-state index in [9.17, 15) is 0 Å². The molecule has 0 aromatic heterocycles. The number of fused-ring (bicyclic) bond motifs is 1. The molecule has 0 unspecified atom stereocenters. The molecule has 2 fully saturated rings. The highest BCUT2D eigenvalue weighted by Crippen LogP contribution is 2.33. The van der Waals surface area contributed by atoms with Gasteiger partial charge in [-0.15, -0.1) is 0 Å². The van der Waals surface area contributed by atoms with Gasteiger partial charge in [-0.25, -0.2) is 5.06 Å². The topological polar surface area (TPSA) is 21.7 Å². The summed E-state index contributed by atoms with van der Waals surface area (Å²) in [7, 11) is 0. The van der Waals surface area contributed by atoms with Crippen molar-refractivity contribution in [1.82, 2.24) is 0 Å². The Balaban J connectivity index is 1.81. The summed E-state index contributed by atoms with van der Waals surface area (Å²) in [6, 6.07) is 9.09. The van der Waals surface area contributed by atoms with Crippen LogP contribution in [0.3, 0.4) is 0 Å². The van der Waals surface area contributed by atoms with Crippen LogP contribution in [0.2, 0.25) is 0 Å². The Morgan fingerprint density at radius 2 is 1.78 bits per heavy atom. The Morgan fingerprint density at radius 3 is 2.44 bits per heavy atom. The first kappa shape index (κ1) is 12.0. The minimum absolute atomic E-state index is 0.198. The summed E-state index contributed by atoms with van der Waals surface area (Å²) in [6.07, 6.45) is 0. The maximum atomic E-state index is 5.78. The lowest BCUT2D eigenvalue weighted by atomic mass is 9.87. The number of hydroxylamine groups is 1. The van der Waals surface area contributed by atoms with Crippen LogP contribution in [0.5, 0.6) is 0 Å². The van der Waals surface area contributed by atoms with Gasteiger partial charge in [0.15, 0.2) is 0 Å². The Kier molecular flexibility index (Phi) is 2.83. The molecular formula is C15H21NO2. The van der Waals surface area contributed by atoms with Gasteiger partial charge in [-0.1, -0.05) is 32.9 Å². The van der Waals surface area contributed by atoms with Crippen LogP contribution in [0.15, 0.2) is 24.3 Å². The Bertz CT molecular complexity index is 421. The van der Waals surface area contributed by atoms with E-state index in [2.05, 4.69) is 45.0 Å². The molecule has 18 heavy (non-hydrogen) atoms. The zero-order valence-electron chi connectivity index (χ0n) is 11.3. The fraction of sp³-hybridized carbons (Fsp3) is 0.600. The van der Waals surface area contributed by atoms with Gasteiger partial charge in [-0.05, 0) is 23.1 Å². The first-order valence-corrected chi connectivity index (χ1v) is 6.66. The summed E-state index contributed by atoms with van der Waals surface area (Å²) in [5, 5.41) is 2.03. The van der Waals surface area contributed by atoms with Crippen LogP contribution in [0, 0.1) is 5.92 Å². The minimum Gasteiger partial charge on any atom is -0.379 e. The molecule has 3 nitrogen and oxygen atoms in total. The average Bonchev–Trinajstić information content (AvgIpc) is 2.89. The lowest BCUT2D eigenvalue weighted by Crippen LogP contribution is -2.31. The smallest absolute Gasteiger partial charge is 0.0872 e.